The Hall–Kier alpha value is -8.11. The molecular formula is C42H29N7O12S2. The predicted molar refractivity (Wildman–Crippen MR) is 228 cm³/mol. The molecule has 19 nitrogen and oxygen atoms in total. The number of aromatic amines is 1. The second-order valence-corrected chi connectivity index (χ2v) is 16.7. The fourth-order valence-corrected chi connectivity index (χ4v) is 8.13. The van der Waals surface area contributed by atoms with Crippen molar-refractivity contribution < 1.29 is 56.0 Å². The van der Waals surface area contributed by atoms with Gasteiger partial charge in [0.05, 0.1) is 22.4 Å². The van der Waals surface area contributed by atoms with E-state index in [4.69, 9.17) is 0 Å². The number of carbonyl (C=O) groups is 2. The molecule has 21 heteroatoms. The first-order valence-electron chi connectivity index (χ1n) is 18.2. The number of aryl methyl sites for hydroxylation is 1. The van der Waals surface area contributed by atoms with E-state index in [2.05, 4.69) is 35.7 Å². The number of benzene rings is 7. The van der Waals surface area contributed by atoms with Crippen LogP contribution in [0.25, 0.3) is 44.0 Å². The van der Waals surface area contributed by atoms with E-state index in [1.165, 1.54) is 55.5 Å². The Bertz CT molecular complexity index is 3540. The molecule has 0 atom stereocenters. The molecule has 8 rings (SSSR count). The Labute approximate surface area is 354 Å². The molecular weight excluding hydrogens is 859 g/mol. The smallest absolute Gasteiger partial charge is 0.339 e. The number of aromatic hydroxyl groups is 3. The molecule has 0 aliphatic carbocycles. The third kappa shape index (κ3) is 8.09. The van der Waals surface area contributed by atoms with Crippen molar-refractivity contribution in [3.63, 3.8) is 0 Å². The van der Waals surface area contributed by atoms with Gasteiger partial charge in [-0.2, -0.15) is 27.1 Å². The number of anilines is 1. The summed E-state index contributed by atoms with van der Waals surface area (Å²) in [7, 11) is -9.73. The molecule has 1 heterocycles. The van der Waals surface area contributed by atoms with Crippen molar-refractivity contribution in [3.05, 3.63) is 126 Å². The van der Waals surface area contributed by atoms with Gasteiger partial charge in [-0.3, -0.25) is 13.9 Å². The molecule has 8 aromatic rings. The minimum absolute atomic E-state index is 0.0883. The van der Waals surface area contributed by atoms with Crippen LogP contribution in [0, 0.1) is 6.92 Å². The number of imidazole rings is 1. The average molecular weight is 888 g/mol. The molecule has 1 aromatic heterocycles. The van der Waals surface area contributed by atoms with E-state index < -0.39 is 64.7 Å². The van der Waals surface area contributed by atoms with Crippen LogP contribution in [-0.2, 0) is 20.2 Å². The molecule has 0 radical (unpaired) electrons. The fraction of sp³-hybridized carbons (Fsp3) is 0.0238. The van der Waals surface area contributed by atoms with Gasteiger partial charge in [0.25, 0.3) is 26.1 Å². The van der Waals surface area contributed by atoms with Crippen molar-refractivity contribution >= 4 is 93.1 Å². The van der Waals surface area contributed by atoms with Crippen LogP contribution in [0.1, 0.15) is 26.3 Å². The van der Waals surface area contributed by atoms with Crippen molar-refractivity contribution in [1.82, 2.24) is 9.97 Å². The lowest BCUT2D eigenvalue weighted by molar-refractivity contribution is 0.0693. The quantitative estimate of drug-likeness (QED) is 0.0361. The van der Waals surface area contributed by atoms with Gasteiger partial charge in [-0.05, 0) is 85.3 Å². The first-order chi connectivity index (χ1) is 29.9. The molecule has 7 aromatic carbocycles. The van der Waals surface area contributed by atoms with E-state index in [1.54, 1.807) is 42.5 Å². The van der Waals surface area contributed by atoms with Crippen molar-refractivity contribution in [2.24, 2.45) is 20.5 Å². The number of aromatic carboxylic acids is 1. The van der Waals surface area contributed by atoms with Gasteiger partial charge >= 0.3 is 5.97 Å². The SMILES string of the molecule is Cc1cc(NC(=O)c2ccc(N=Nc3c(S(=O)(=O)O)cc4c(ccc5nc(-c6cccc(N=Nc7cc(S(=O)(=O)O)c8ccccc8c7O)c6)[nH]c54)c3O)cc2)cc(C(=O)O)c1O. The highest BCUT2D eigenvalue weighted by molar-refractivity contribution is 7.86. The Morgan fingerprint density at radius 3 is 2.03 bits per heavy atom. The number of carbonyl (C=O) groups excluding carboxylic acids is 1. The number of fused-ring (bicyclic) bond motifs is 4. The Morgan fingerprint density at radius 1 is 0.651 bits per heavy atom. The van der Waals surface area contributed by atoms with Crippen molar-refractivity contribution in [3.8, 4) is 28.6 Å². The summed E-state index contributed by atoms with van der Waals surface area (Å²) < 4.78 is 69.7. The zero-order valence-electron chi connectivity index (χ0n) is 32.1. The standard InChI is InChI=1S/C42H29N7O12S2/c1-20-15-25(17-30(37(20)50)42(54)55)43-41(53)21-9-11-23(12-10-21)46-49-36-34(63(59,60)61)18-29-28(39(36)52)13-14-31-35(29)45-40(44-31)22-5-4-6-24(16-22)47-48-32-19-33(62(56,57)58)26-7-2-3-8-27(26)38(32)51/h2-19,50-52H,1H3,(H,43,53)(H,44,45)(H,54,55)(H,56,57,58)(H,59,60,61). The molecule has 1 amide bonds. The third-order valence-electron chi connectivity index (χ3n) is 9.78. The van der Waals surface area contributed by atoms with Gasteiger partial charge in [-0.25, -0.2) is 9.78 Å². The highest BCUT2D eigenvalue weighted by Gasteiger charge is 2.25. The first-order valence-corrected chi connectivity index (χ1v) is 21.1. The fourth-order valence-electron chi connectivity index (χ4n) is 6.76. The number of rotatable bonds is 10. The number of aromatic nitrogens is 2. The number of H-pyrrole nitrogens is 1. The van der Waals surface area contributed by atoms with Gasteiger partial charge in [-0.15, -0.1) is 10.2 Å². The molecule has 0 unspecified atom stereocenters. The summed E-state index contributed by atoms with van der Waals surface area (Å²) in [4.78, 5) is 30.8. The largest absolute Gasteiger partial charge is 0.507 e. The maximum Gasteiger partial charge on any atom is 0.339 e. The molecule has 316 valence electrons. The average Bonchev–Trinajstić information content (AvgIpc) is 3.69. The summed E-state index contributed by atoms with van der Waals surface area (Å²) >= 11 is 0. The van der Waals surface area contributed by atoms with Gasteiger partial charge < -0.3 is 30.7 Å². The summed E-state index contributed by atoms with van der Waals surface area (Å²) in [6.07, 6.45) is 0. The summed E-state index contributed by atoms with van der Waals surface area (Å²) in [5.74, 6) is -3.16. The molecule has 0 spiro atoms. The first kappa shape index (κ1) is 41.6. The molecule has 63 heavy (non-hydrogen) atoms. The predicted octanol–water partition coefficient (Wildman–Crippen LogP) is 9.24. The number of carboxylic acids is 1. The maximum absolute atomic E-state index is 12.9. The minimum Gasteiger partial charge on any atom is -0.507 e. The second kappa shape index (κ2) is 15.7. The van der Waals surface area contributed by atoms with Crippen molar-refractivity contribution in [2.45, 2.75) is 16.7 Å². The van der Waals surface area contributed by atoms with E-state index in [9.17, 15) is 56.0 Å². The minimum atomic E-state index is -5.03. The number of amides is 1. The Morgan fingerprint density at radius 2 is 1.33 bits per heavy atom. The van der Waals surface area contributed by atoms with E-state index >= 15 is 0 Å². The van der Waals surface area contributed by atoms with Crippen LogP contribution < -0.4 is 5.32 Å². The monoisotopic (exact) mass is 887 g/mol. The second-order valence-electron chi connectivity index (χ2n) is 13.9. The van der Waals surface area contributed by atoms with Gasteiger partial charge in [0.2, 0.25) is 0 Å². The van der Waals surface area contributed by atoms with Crippen molar-refractivity contribution in [1.29, 1.82) is 0 Å². The van der Waals surface area contributed by atoms with E-state index in [0.717, 1.165) is 18.2 Å². The number of phenols is 3. The summed E-state index contributed by atoms with van der Waals surface area (Å²) in [6, 6.07) is 25.5. The van der Waals surface area contributed by atoms with Gasteiger partial charge in [0, 0.05) is 38.4 Å². The summed E-state index contributed by atoms with van der Waals surface area (Å²) in [6.45, 7) is 1.48. The normalized spacial score (nSPS) is 12.2. The van der Waals surface area contributed by atoms with Crippen LogP contribution >= 0.6 is 0 Å². The summed E-state index contributed by atoms with van der Waals surface area (Å²) in [5, 5.41) is 60.8. The van der Waals surface area contributed by atoms with E-state index in [0.29, 0.717) is 11.1 Å². The number of hydrogen-bond donors (Lipinski definition) is 8. The number of phenolic OH excluding ortho intramolecular Hbond substituents is 2. The molecule has 0 aliphatic rings. The van der Waals surface area contributed by atoms with E-state index in [1.807, 2.05) is 0 Å². The van der Waals surface area contributed by atoms with Crippen molar-refractivity contribution in [2.75, 3.05) is 5.32 Å². The molecule has 0 saturated carbocycles. The third-order valence-corrected chi connectivity index (χ3v) is 11.5. The lowest BCUT2D eigenvalue weighted by Gasteiger charge is -2.10. The number of hydrogen-bond acceptors (Lipinski definition) is 14. The zero-order valence-corrected chi connectivity index (χ0v) is 33.7. The lowest BCUT2D eigenvalue weighted by Crippen LogP contribution is -2.12. The van der Waals surface area contributed by atoms with Gasteiger partial charge in [0.1, 0.15) is 38.3 Å². The number of carboxylic acid groups (broad SMARTS) is 1. The van der Waals surface area contributed by atoms with E-state index in [-0.39, 0.29) is 72.5 Å². The van der Waals surface area contributed by atoms with Crippen LogP contribution in [-0.4, -0.2) is 68.2 Å². The lowest BCUT2D eigenvalue weighted by atomic mass is 10.1. The van der Waals surface area contributed by atoms with Crippen LogP contribution in [0.3, 0.4) is 0 Å². The molecule has 0 saturated heterocycles. The maximum atomic E-state index is 12.9. The zero-order chi connectivity index (χ0) is 45.0. The molecule has 0 fully saturated rings. The van der Waals surface area contributed by atoms with Crippen LogP contribution in [0.4, 0.5) is 28.4 Å². The molecule has 8 N–H and O–H groups in total. The highest BCUT2D eigenvalue weighted by Crippen LogP contribution is 2.44. The van der Waals surface area contributed by atoms with Gasteiger partial charge in [-0.1, -0.05) is 36.4 Å². The molecule has 0 bridgehead atoms. The topological polar surface area (TPSA) is 314 Å². The summed E-state index contributed by atoms with van der Waals surface area (Å²) in [5.41, 5.74) is 0.722. The Balaban J connectivity index is 1.08. The number of azo groups is 2. The van der Waals surface area contributed by atoms with Crippen LogP contribution in [0.2, 0.25) is 0 Å². The van der Waals surface area contributed by atoms with Crippen LogP contribution in [0.15, 0.2) is 139 Å². The van der Waals surface area contributed by atoms with Crippen LogP contribution in [0.5, 0.6) is 17.2 Å². The molecule has 0 aliphatic heterocycles. The number of nitrogens with one attached hydrogen (secondary N) is 2. The Kier molecular flexibility index (Phi) is 10.4. The number of nitrogens with zero attached hydrogens (tertiary/aromatic N) is 5. The van der Waals surface area contributed by atoms with Gasteiger partial charge in [0.15, 0.2) is 11.5 Å². The highest BCUT2D eigenvalue weighted by atomic mass is 32.2.